The van der Waals surface area contributed by atoms with E-state index in [1.807, 2.05) is 18.7 Å². The number of halogens is 3. The van der Waals surface area contributed by atoms with Crippen LogP contribution in [0.5, 0.6) is 0 Å². The van der Waals surface area contributed by atoms with Gasteiger partial charge in [-0.3, -0.25) is 14.6 Å². The molecule has 1 amide bonds. The Labute approximate surface area is 123 Å². The fourth-order valence-electron chi connectivity index (χ4n) is 2.25. The third-order valence-electron chi connectivity index (χ3n) is 3.57. The number of piperazine rings is 1. The van der Waals surface area contributed by atoms with Crippen LogP contribution >= 0.6 is 0 Å². The van der Waals surface area contributed by atoms with Crippen molar-refractivity contribution in [1.82, 2.24) is 15.1 Å². The van der Waals surface area contributed by atoms with Crippen LogP contribution in [0.1, 0.15) is 20.8 Å². The van der Waals surface area contributed by atoms with Crippen molar-refractivity contribution in [2.24, 2.45) is 0 Å². The fourth-order valence-corrected chi connectivity index (χ4v) is 2.25. The molecule has 2 atom stereocenters. The highest BCUT2D eigenvalue weighted by Gasteiger charge is 2.39. The Balaban J connectivity index is 2.40. The highest BCUT2D eigenvalue weighted by Crippen LogP contribution is 2.21. The average Bonchev–Trinajstić information content (AvgIpc) is 2.36. The summed E-state index contributed by atoms with van der Waals surface area (Å²) >= 11 is 0. The van der Waals surface area contributed by atoms with Gasteiger partial charge in [-0.25, -0.2) is 0 Å². The molecule has 1 heterocycles. The third-order valence-corrected chi connectivity index (χ3v) is 3.57. The van der Waals surface area contributed by atoms with Crippen molar-refractivity contribution in [2.45, 2.75) is 45.1 Å². The van der Waals surface area contributed by atoms with E-state index in [0.29, 0.717) is 26.2 Å². The van der Waals surface area contributed by atoms with E-state index in [4.69, 9.17) is 5.11 Å². The molecule has 1 rings (SSSR count). The van der Waals surface area contributed by atoms with Crippen LogP contribution in [0, 0.1) is 0 Å². The Hall–Kier alpha value is -0.860. The third kappa shape index (κ3) is 5.80. The van der Waals surface area contributed by atoms with Crippen LogP contribution in [0.25, 0.3) is 0 Å². The number of aliphatic hydroxyl groups excluding tert-OH is 1. The smallest absolute Gasteiger partial charge is 0.382 e. The van der Waals surface area contributed by atoms with Gasteiger partial charge in [0.15, 0.2) is 6.10 Å². The molecule has 21 heavy (non-hydrogen) atoms. The molecule has 0 aromatic rings. The second kappa shape index (κ2) is 7.42. The summed E-state index contributed by atoms with van der Waals surface area (Å²) in [7, 11) is 0. The van der Waals surface area contributed by atoms with Crippen molar-refractivity contribution in [3.8, 4) is 0 Å². The molecule has 1 saturated heterocycles. The quantitative estimate of drug-likeness (QED) is 0.774. The van der Waals surface area contributed by atoms with Crippen molar-refractivity contribution < 1.29 is 23.1 Å². The zero-order chi connectivity index (χ0) is 16.2. The molecule has 0 unspecified atom stereocenters. The van der Waals surface area contributed by atoms with E-state index in [2.05, 4.69) is 5.32 Å². The number of rotatable bonds is 5. The molecule has 1 aliphatic heterocycles. The van der Waals surface area contributed by atoms with Gasteiger partial charge in [-0.2, -0.15) is 13.2 Å². The molecule has 0 saturated carbocycles. The fraction of sp³-hybridized carbons (Fsp3) is 0.923. The molecule has 8 heteroatoms. The monoisotopic (exact) mass is 311 g/mol. The summed E-state index contributed by atoms with van der Waals surface area (Å²) in [5, 5.41) is 11.9. The van der Waals surface area contributed by atoms with Crippen LogP contribution < -0.4 is 5.32 Å². The number of β-amino-alcohol motifs (C(OH)–C–C–N with tert-alkyl or cyclic N) is 1. The first kappa shape index (κ1) is 18.2. The number of hydrogen-bond acceptors (Lipinski definition) is 4. The van der Waals surface area contributed by atoms with Crippen LogP contribution in [-0.2, 0) is 4.79 Å². The maximum Gasteiger partial charge on any atom is 0.415 e. The predicted octanol–water partition coefficient (Wildman–Crippen LogP) is 0.440. The maximum atomic E-state index is 12.3. The number of alkyl halides is 3. The number of amides is 1. The summed E-state index contributed by atoms with van der Waals surface area (Å²) in [6, 6.07) is -0.245. The molecule has 0 radical (unpaired) electrons. The molecule has 0 aliphatic carbocycles. The molecule has 2 N–H and O–H groups in total. The molecule has 1 fully saturated rings. The molecule has 0 aromatic carbocycles. The lowest BCUT2D eigenvalue weighted by Gasteiger charge is -2.38. The lowest BCUT2D eigenvalue weighted by molar-refractivity contribution is -0.209. The Morgan fingerprint density at radius 2 is 1.71 bits per heavy atom. The molecule has 1 aliphatic rings. The van der Waals surface area contributed by atoms with Gasteiger partial charge in [-0.1, -0.05) is 0 Å². The van der Waals surface area contributed by atoms with Crippen molar-refractivity contribution in [1.29, 1.82) is 0 Å². The standard InChI is InChI=1S/C13H24F3N3O2/c1-9(2)17-12(21)10(3)19-6-4-18(5-7-19)8-11(20)13(14,15)16/h9-11,20H,4-8H2,1-3H3,(H,17,21)/t10-,11-/m0/s1. The van der Waals surface area contributed by atoms with E-state index >= 15 is 0 Å². The lowest BCUT2D eigenvalue weighted by Crippen LogP contribution is -2.56. The van der Waals surface area contributed by atoms with Crippen LogP contribution in [0.15, 0.2) is 0 Å². The van der Waals surface area contributed by atoms with Gasteiger partial charge in [-0.05, 0) is 20.8 Å². The van der Waals surface area contributed by atoms with E-state index in [-0.39, 0.29) is 18.0 Å². The van der Waals surface area contributed by atoms with E-state index in [9.17, 15) is 18.0 Å². The lowest BCUT2D eigenvalue weighted by atomic mass is 10.2. The van der Waals surface area contributed by atoms with Crippen LogP contribution in [-0.4, -0.2) is 77.9 Å². The summed E-state index contributed by atoms with van der Waals surface area (Å²) in [4.78, 5) is 15.4. The van der Waals surface area contributed by atoms with Crippen LogP contribution in [0.4, 0.5) is 13.2 Å². The number of nitrogens with zero attached hydrogens (tertiary/aromatic N) is 2. The van der Waals surface area contributed by atoms with Gasteiger partial charge in [-0.15, -0.1) is 0 Å². The highest BCUT2D eigenvalue weighted by molar-refractivity contribution is 5.81. The minimum atomic E-state index is -4.58. The summed E-state index contributed by atoms with van der Waals surface area (Å²) in [6.45, 7) is 6.97. The first-order valence-electron chi connectivity index (χ1n) is 7.12. The topological polar surface area (TPSA) is 55.8 Å². The predicted molar refractivity (Wildman–Crippen MR) is 72.8 cm³/mol. The summed E-state index contributed by atoms with van der Waals surface area (Å²) in [6.07, 6.45) is -6.90. The van der Waals surface area contributed by atoms with E-state index < -0.39 is 18.8 Å². The normalized spacial score (nSPS) is 21.3. The van der Waals surface area contributed by atoms with Gasteiger partial charge in [0.05, 0.1) is 6.04 Å². The Morgan fingerprint density at radius 3 is 2.14 bits per heavy atom. The van der Waals surface area contributed by atoms with Gasteiger partial charge >= 0.3 is 6.18 Å². The number of aliphatic hydroxyl groups is 1. The van der Waals surface area contributed by atoms with Gasteiger partial charge in [0, 0.05) is 38.8 Å². The van der Waals surface area contributed by atoms with Gasteiger partial charge < -0.3 is 10.4 Å². The van der Waals surface area contributed by atoms with Crippen molar-refractivity contribution in [3.05, 3.63) is 0 Å². The first-order valence-corrected chi connectivity index (χ1v) is 7.12. The van der Waals surface area contributed by atoms with E-state index in [0.717, 1.165) is 0 Å². The molecular weight excluding hydrogens is 287 g/mol. The summed E-state index contributed by atoms with van der Waals surface area (Å²) < 4.78 is 36.9. The molecule has 0 aromatic heterocycles. The Bertz CT molecular complexity index is 342. The van der Waals surface area contributed by atoms with Gasteiger partial charge in [0.25, 0.3) is 0 Å². The highest BCUT2D eigenvalue weighted by atomic mass is 19.4. The van der Waals surface area contributed by atoms with Crippen LogP contribution in [0.2, 0.25) is 0 Å². The second-order valence-electron chi connectivity index (χ2n) is 5.73. The zero-order valence-electron chi connectivity index (χ0n) is 12.7. The second-order valence-corrected chi connectivity index (χ2v) is 5.73. The van der Waals surface area contributed by atoms with Gasteiger partial charge in [0.2, 0.25) is 5.91 Å². The van der Waals surface area contributed by atoms with Crippen molar-refractivity contribution in [2.75, 3.05) is 32.7 Å². The number of carbonyl (C=O) groups is 1. The van der Waals surface area contributed by atoms with Crippen molar-refractivity contribution >= 4 is 5.91 Å². The van der Waals surface area contributed by atoms with Crippen LogP contribution in [0.3, 0.4) is 0 Å². The maximum absolute atomic E-state index is 12.3. The van der Waals surface area contributed by atoms with Gasteiger partial charge in [0.1, 0.15) is 0 Å². The van der Waals surface area contributed by atoms with E-state index in [1.165, 1.54) is 0 Å². The number of nitrogens with one attached hydrogen (secondary N) is 1. The zero-order valence-corrected chi connectivity index (χ0v) is 12.7. The van der Waals surface area contributed by atoms with Crippen molar-refractivity contribution in [3.63, 3.8) is 0 Å². The molecular formula is C13H24F3N3O2. The molecule has 0 spiro atoms. The molecule has 5 nitrogen and oxygen atoms in total. The first-order chi connectivity index (χ1) is 9.61. The molecule has 0 bridgehead atoms. The summed E-state index contributed by atoms with van der Waals surface area (Å²) in [5.41, 5.74) is 0. The summed E-state index contributed by atoms with van der Waals surface area (Å²) in [5.74, 6) is -0.0752. The SMILES string of the molecule is CC(C)NC(=O)[C@H](C)N1CCN(C[C@H](O)C(F)(F)F)CC1. The largest absolute Gasteiger partial charge is 0.415 e. The average molecular weight is 311 g/mol. The minimum absolute atomic E-state index is 0.0585. The number of carbonyl (C=O) groups excluding carboxylic acids is 1. The Kier molecular flexibility index (Phi) is 6.42. The molecule has 124 valence electrons. The Morgan fingerprint density at radius 1 is 1.19 bits per heavy atom. The number of hydrogen-bond donors (Lipinski definition) is 2. The van der Waals surface area contributed by atoms with E-state index in [1.54, 1.807) is 11.8 Å². The minimum Gasteiger partial charge on any atom is -0.382 e.